The smallest absolute Gasteiger partial charge is 0.255 e. The highest BCUT2D eigenvalue weighted by atomic mass is 35.5. The van der Waals surface area contributed by atoms with Gasteiger partial charge >= 0.3 is 0 Å². The first-order valence-electron chi connectivity index (χ1n) is 6.53. The van der Waals surface area contributed by atoms with Crippen molar-refractivity contribution in [2.45, 2.75) is 0 Å². The van der Waals surface area contributed by atoms with Crippen LogP contribution in [0.3, 0.4) is 0 Å². The fourth-order valence-corrected chi connectivity index (χ4v) is 2.38. The van der Waals surface area contributed by atoms with E-state index in [0.717, 1.165) is 18.7 Å². The lowest BCUT2D eigenvalue weighted by molar-refractivity contribution is 0.0943. The summed E-state index contributed by atoms with van der Waals surface area (Å²) in [6.07, 6.45) is 1.53. The molecule has 0 aliphatic carbocycles. The van der Waals surface area contributed by atoms with Crippen molar-refractivity contribution >= 4 is 17.5 Å². The van der Waals surface area contributed by atoms with E-state index < -0.39 is 0 Å². The number of amides is 1. The average Bonchev–Trinajstić information content (AvgIpc) is 2.86. The number of rotatable bonds is 4. The maximum Gasteiger partial charge on any atom is 0.255 e. The molecule has 6 heteroatoms. The third-order valence-electron chi connectivity index (χ3n) is 3.44. The minimum Gasteiger partial charge on any atom is -0.352 e. The maximum atomic E-state index is 12.2. The van der Waals surface area contributed by atoms with Gasteiger partial charge < -0.3 is 10.6 Å². The maximum absolute atomic E-state index is 12.2. The lowest BCUT2D eigenvalue weighted by Gasteiger charge is -2.27. The van der Waals surface area contributed by atoms with E-state index in [4.69, 9.17) is 11.6 Å². The highest BCUT2D eigenvalue weighted by Crippen LogP contribution is 2.28. The summed E-state index contributed by atoms with van der Waals surface area (Å²) in [5, 5.41) is 13.5. The molecule has 1 saturated heterocycles. The number of aromatic amines is 1. The Morgan fingerprint density at radius 2 is 2.20 bits per heavy atom. The standard InChI is InChI=1S/C14H15ClN4O/c15-12-4-2-1-3-10(12)13-11(8-18-19-13)14(20)17-7-9-5-16-6-9/h1-4,8-9,16H,5-7H2,(H,17,20)(H,18,19). The Balaban J connectivity index is 1.79. The molecule has 3 rings (SSSR count). The third-order valence-corrected chi connectivity index (χ3v) is 3.77. The molecule has 2 heterocycles. The topological polar surface area (TPSA) is 69.8 Å². The monoisotopic (exact) mass is 290 g/mol. The van der Waals surface area contributed by atoms with Crippen molar-refractivity contribution in [1.29, 1.82) is 0 Å². The van der Waals surface area contributed by atoms with Crippen molar-refractivity contribution in [2.24, 2.45) is 5.92 Å². The summed E-state index contributed by atoms with van der Waals surface area (Å²) in [6.45, 7) is 2.60. The van der Waals surface area contributed by atoms with Crippen LogP contribution in [0.5, 0.6) is 0 Å². The molecule has 0 spiro atoms. The molecule has 0 saturated carbocycles. The van der Waals surface area contributed by atoms with Gasteiger partial charge in [0.1, 0.15) is 0 Å². The molecule has 0 unspecified atom stereocenters. The summed E-state index contributed by atoms with van der Waals surface area (Å²) >= 11 is 6.16. The number of hydrogen-bond acceptors (Lipinski definition) is 3. The number of hydrogen-bond donors (Lipinski definition) is 3. The fourth-order valence-electron chi connectivity index (χ4n) is 2.15. The van der Waals surface area contributed by atoms with Crippen molar-refractivity contribution in [1.82, 2.24) is 20.8 Å². The van der Waals surface area contributed by atoms with Gasteiger partial charge in [0.25, 0.3) is 5.91 Å². The minimum atomic E-state index is -0.124. The van der Waals surface area contributed by atoms with E-state index in [-0.39, 0.29) is 5.91 Å². The Bertz CT molecular complexity index is 621. The molecule has 1 aromatic carbocycles. The van der Waals surface area contributed by atoms with Gasteiger partial charge in [0.15, 0.2) is 0 Å². The van der Waals surface area contributed by atoms with Gasteiger partial charge in [0.05, 0.1) is 17.5 Å². The lowest BCUT2D eigenvalue weighted by atomic mass is 10.0. The normalized spacial score (nSPS) is 14.8. The molecule has 0 bridgehead atoms. The van der Waals surface area contributed by atoms with Crippen molar-refractivity contribution < 1.29 is 4.79 Å². The Morgan fingerprint density at radius 1 is 1.40 bits per heavy atom. The SMILES string of the molecule is O=C(NCC1CNC1)c1cn[nH]c1-c1ccccc1Cl. The number of halogens is 1. The molecule has 5 nitrogen and oxygen atoms in total. The first-order valence-corrected chi connectivity index (χ1v) is 6.90. The predicted molar refractivity (Wildman–Crippen MR) is 77.7 cm³/mol. The highest BCUT2D eigenvalue weighted by molar-refractivity contribution is 6.33. The number of nitrogens with zero attached hydrogens (tertiary/aromatic N) is 1. The van der Waals surface area contributed by atoms with Gasteiger partial charge in [0.2, 0.25) is 0 Å². The largest absolute Gasteiger partial charge is 0.352 e. The first-order chi connectivity index (χ1) is 9.75. The van der Waals surface area contributed by atoms with Crippen LogP contribution in [0.15, 0.2) is 30.5 Å². The van der Waals surface area contributed by atoms with Gasteiger partial charge in [-0.15, -0.1) is 0 Å². The van der Waals surface area contributed by atoms with Gasteiger partial charge in [-0.25, -0.2) is 0 Å². The molecule has 3 N–H and O–H groups in total. The zero-order valence-corrected chi connectivity index (χ0v) is 11.6. The molecule has 1 aromatic heterocycles. The summed E-state index contributed by atoms with van der Waals surface area (Å²) in [6, 6.07) is 7.39. The van der Waals surface area contributed by atoms with E-state index in [2.05, 4.69) is 20.8 Å². The molecule has 2 aromatic rings. The summed E-state index contributed by atoms with van der Waals surface area (Å²) in [4.78, 5) is 12.2. The number of H-pyrrole nitrogens is 1. The second-order valence-electron chi connectivity index (χ2n) is 4.87. The molecule has 1 amide bonds. The molecular weight excluding hydrogens is 276 g/mol. The Hall–Kier alpha value is -1.85. The number of nitrogens with one attached hydrogen (secondary N) is 3. The third kappa shape index (κ3) is 2.55. The zero-order chi connectivity index (χ0) is 13.9. The van der Waals surface area contributed by atoms with Gasteiger partial charge in [-0.2, -0.15) is 5.10 Å². The van der Waals surface area contributed by atoms with Gasteiger partial charge in [-0.1, -0.05) is 29.8 Å². The predicted octanol–water partition coefficient (Wildman–Crippen LogP) is 1.68. The Kier molecular flexibility index (Phi) is 3.71. The molecule has 1 aliphatic rings. The van der Waals surface area contributed by atoms with Crippen molar-refractivity contribution in [3.05, 3.63) is 41.0 Å². The van der Waals surface area contributed by atoms with Crippen molar-refractivity contribution in [3.8, 4) is 11.3 Å². The average molecular weight is 291 g/mol. The van der Waals surface area contributed by atoms with Crippen LogP contribution in [0, 0.1) is 5.92 Å². The second kappa shape index (κ2) is 5.64. The first kappa shape index (κ1) is 13.1. The van der Waals surface area contributed by atoms with Crippen LogP contribution in [-0.4, -0.2) is 35.7 Å². The number of carbonyl (C=O) groups is 1. The molecule has 1 fully saturated rings. The summed E-state index contributed by atoms with van der Waals surface area (Å²) in [7, 11) is 0. The lowest BCUT2D eigenvalue weighted by Crippen LogP contribution is -2.48. The van der Waals surface area contributed by atoms with Crippen LogP contribution in [0.25, 0.3) is 11.3 Å². The van der Waals surface area contributed by atoms with Crippen LogP contribution >= 0.6 is 11.6 Å². The van der Waals surface area contributed by atoms with Gasteiger partial charge in [-0.3, -0.25) is 9.89 Å². The molecule has 20 heavy (non-hydrogen) atoms. The molecular formula is C14H15ClN4O. The molecule has 1 aliphatic heterocycles. The van der Waals surface area contributed by atoms with Crippen LogP contribution in [0.2, 0.25) is 5.02 Å². The summed E-state index contributed by atoms with van der Waals surface area (Å²) in [5.41, 5.74) is 1.95. The summed E-state index contributed by atoms with van der Waals surface area (Å²) < 4.78 is 0. The quantitative estimate of drug-likeness (QED) is 0.802. The Labute approximate surface area is 121 Å². The second-order valence-corrected chi connectivity index (χ2v) is 5.28. The van der Waals surface area contributed by atoms with Crippen molar-refractivity contribution in [2.75, 3.05) is 19.6 Å². The van der Waals surface area contributed by atoms with E-state index in [0.29, 0.717) is 28.7 Å². The number of carbonyl (C=O) groups excluding carboxylic acids is 1. The van der Waals surface area contributed by atoms with E-state index in [1.54, 1.807) is 6.07 Å². The van der Waals surface area contributed by atoms with Crippen LogP contribution < -0.4 is 10.6 Å². The van der Waals surface area contributed by atoms with Crippen molar-refractivity contribution in [3.63, 3.8) is 0 Å². The van der Waals surface area contributed by atoms with Gasteiger partial charge in [-0.05, 0) is 6.07 Å². The Morgan fingerprint density at radius 3 is 2.90 bits per heavy atom. The highest BCUT2D eigenvalue weighted by Gasteiger charge is 2.20. The molecule has 104 valence electrons. The van der Waals surface area contributed by atoms with Crippen LogP contribution in [0.1, 0.15) is 10.4 Å². The number of benzene rings is 1. The van der Waals surface area contributed by atoms with E-state index in [9.17, 15) is 4.79 Å². The van der Waals surface area contributed by atoms with Crippen LogP contribution in [-0.2, 0) is 0 Å². The molecule has 0 radical (unpaired) electrons. The summed E-state index contributed by atoms with van der Waals surface area (Å²) in [5.74, 6) is 0.398. The van der Waals surface area contributed by atoms with E-state index in [1.807, 2.05) is 18.2 Å². The van der Waals surface area contributed by atoms with E-state index in [1.165, 1.54) is 6.20 Å². The van der Waals surface area contributed by atoms with E-state index >= 15 is 0 Å². The number of aromatic nitrogens is 2. The fraction of sp³-hybridized carbons (Fsp3) is 0.286. The molecule has 0 atom stereocenters. The minimum absolute atomic E-state index is 0.124. The zero-order valence-electron chi connectivity index (χ0n) is 10.8. The van der Waals surface area contributed by atoms with Crippen LogP contribution in [0.4, 0.5) is 0 Å². The van der Waals surface area contributed by atoms with Gasteiger partial charge in [0, 0.05) is 36.1 Å².